The highest BCUT2D eigenvalue weighted by atomic mass is 32.2. The number of aryl methyl sites for hydroxylation is 2. The minimum atomic E-state index is -0.274. The summed E-state index contributed by atoms with van der Waals surface area (Å²) in [5, 5.41) is 0.841. The number of para-hydroxylation sites is 1. The van der Waals surface area contributed by atoms with Crippen LogP contribution in [0.5, 0.6) is 0 Å². The second-order valence-corrected chi connectivity index (χ2v) is 7.52. The molecule has 0 saturated heterocycles. The summed E-state index contributed by atoms with van der Waals surface area (Å²) in [5.41, 5.74) is 3.39. The Kier molecular flexibility index (Phi) is 4.77. The molecular formula is C20H20N2O2S. The normalized spacial score (nSPS) is 12.3. The third-order valence-electron chi connectivity index (χ3n) is 4.21. The summed E-state index contributed by atoms with van der Waals surface area (Å²) in [5.74, 6) is 0.0555. The number of carbonyl (C=O) groups excluding carboxylic acids is 1. The van der Waals surface area contributed by atoms with Gasteiger partial charge in [0.1, 0.15) is 5.78 Å². The predicted molar refractivity (Wildman–Crippen MR) is 103 cm³/mol. The van der Waals surface area contributed by atoms with Crippen molar-refractivity contribution in [1.29, 1.82) is 0 Å². The average molecular weight is 352 g/mol. The summed E-state index contributed by atoms with van der Waals surface area (Å²) in [6, 6.07) is 13.3. The van der Waals surface area contributed by atoms with Crippen LogP contribution in [-0.2, 0) is 4.79 Å². The Labute approximate surface area is 150 Å². The van der Waals surface area contributed by atoms with Gasteiger partial charge in [-0.25, -0.2) is 4.98 Å². The Morgan fingerprint density at radius 3 is 2.60 bits per heavy atom. The molecule has 0 aliphatic rings. The fourth-order valence-electron chi connectivity index (χ4n) is 2.61. The van der Waals surface area contributed by atoms with E-state index in [-0.39, 0.29) is 16.6 Å². The van der Waals surface area contributed by atoms with Crippen LogP contribution in [0.2, 0.25) is 0 Å². The van der Waals surface area contributed by atoms with E-state index in [4.69, 9.17) is 0 Å². The molecule has 0 N–H and O–H groups in total. The molecule has 0 amide bonds. The highest BCUT2D eigenvalue weighted by molar-refractivity contribution is 8.00. The standard InChI is InChI=1S/C20H20N2O2S/c1-12-9-10-13(2)18(11-12)22-19(24)16-7-5-6-8-17(16)21-20(22)25-15(4)14(3)23/h5-11,15H,1-4H3. The van der Waals surface area contributed by atoms with E-state index in [0.29, 0.717) is 16.1 Å². The first kappa shape index (κ1) is 17.4. The maximum Gasteiger partial charge on any atom is 0.266 e. The molecule has 3 aromatic rings. The second-order valence-electron chi connectivity index (χ2n) is 6.21. The zero-order chi connectivity index (χ0) is 18.1. The van der Waals surface area contributed by atoms with Gasteiger partial charge < -0.3 is 0 Å². The van der Waals surface area contributed by atoms with Crippen LogP contribution < -0.4 is 5.56 Å². The number of nitrogens with zero attached hydrogens (tertiary/aromatic N) is 2. The highest BCUT2D eigenvalue weighted by Gasteiger charge is 2.19. The van der Waals surface area contributed by atoms with Gasteiger partial charge in [0.05, 0.1) is 21.8 Å². The minimum absolute atomic E-state index is 0.0555. The molecule has 0 saturated carbocycles. The SMILES string of the molecule is CC(=O)C(C)Sc1nc2ccccc2c(=O)n1-c1cc(C)ccc1C. The van der Waals surface area contributed by atoms with Crippen molar-refractivity contribution < 1.29 is 4.79 Å². The van der Waals surface area contributed by atoms with Crippen molar-refractivity contribution in [3.63, 3.8) is 0 Å². The topological polar surface area (TPSA) is 52.0 Å². The summed E-state index contributed by atoms with van der Waals surface area (Å²) in [7, 11) is 0. The maximum atomic E-state index is 13.2. The molecule has 128 valence electrons. The first-order valence-corrected chi connectivity index (χ1v) is 9.03. The van der Waals surface area contributed by atoms with Crippen LogP contribution in [0.4, 0.5) is 0 Å². The van der Waals surface area contributed by atoms with Crippen LogP contribution in [0.1, 0.15) is 25.0 Å². The Bertz CT molecular complexity index is 1020. The molecule has 3 rings (SSSR count). The van der Waals surface area contributed by atoms with Crippen molar-refractivity contribution in [3.8, 4) is 5.69 Å². The Morgan fingerprint density at radius 2 is 1.88 bits per heavy atom. The van der Waals surface area contributed by atoms with Gasteiger partial charge in [-0.15, -0.1) is 0 Å². The van der Waals surface area contributed by atoms with Crippen LogP contribution in [-0.4, -0.2) is 20.6 Å². The van der Waals surface area contributed by atoms with Crippen molar-refractivity contribution in [2.24, 2.45) is 0 Å². The molecule has 0 radical (unpaired) electrons. The van der Waals surface area contributed by atoms with Gasteiger partial charge in [0, 0.05) is 0 Å². The third kappa shape index (κ3) is 3.37. The van der Waals surface area contributed by atoms with Crippen molar-refractivity contribution in [2.45, 2.75) is 38.1 Å². The smallest absolute Gasteiger partial charge is 0.266 e. The number of fused-ring (bicyclic) bond motifs is 1. The van der Waals surface area contributed by atoms with Gasteiger partial charge in [-0.3, -0.25) is 14.2 Å². The van der Waals surface area contributed by atoms with Crippen LogP contribution >= 0.6 is 11.8 Å². The fourth-order valence-corrected chi connectivity index (χ4v) is 3.53. The molecule has 0 fully saturated rings. The largest absolute Gasteiger partial charge is 0.299 e. The van der Waals surface area contributed by atoms with Crippen molar-refractivity contribution in [3.05, 3.63) is 63.9 Å². The Morgan fingerprint density at radius 1 is 1.16 bits per heavy atom. The third-order valence-corrected chi connectivity index (χ3v) is 5.38. The molecule has 0 aliphatic heterocycles. The first-order valence-electron chi connectivity index (χ1n) is 8.15. The predicted octanol–water partition coefficient (Wildman–Crippen LogP) is 4.07. The number of ketones is 1. The average Bonchev–Trinajstić information content (AvgIpc) is 2.58. The van der Waals surface area contributed by atoms with E-state index in [1.165, 1.54) is 11.8 Å². The number of hydrogen-bond acceptors (Lipinski definition) is 4. The van der Waals surface area contributed by atoms with Gasteiger partial charge in [-0.05, 0) is 57.0 Å². The van der Waals surface area contributed by atoms with E-state index in [2.05, 4.69) is 4.98 Å². The molecule has 1 unspecified atom stereocenters. The molecule has 1 aromatic heterocycles. The molecule has 4 nitrogen and oxygen atoms in total. The van der Waals surface area contributed by atoms with Crippen molar-refractivity contribution in [1.82, 2.24) is 9.55 Å². The molecule has 25 heavy (non-hydrogen) atoms. The number of rotatable bonds is 4. The lowest BCUT2D eigenvalue weighted by Crippen LogP contribution is -2.24. The molecule has 0 spiro atoms. The van der Waals surface area contributed by atoms with Crippen LogP contribution in [0.25, 0.3) is 16.6 Å². The van der Waals surface area contributed by atoms with Crippen LogP contribution in [0.15, 0.2) is 52.4 Å². The minimum Gasteiger partial charge on any atom is -0.299 e. The van der Waals surface area contributed by atoms with Gasteiger partial charge in [0.2, 0.25) is 0 Å². The molecular weight excluding hydrogens is 332 g/mol. The van der Waals surface area contributed by atoms with Gasteiger partial charge in [0.25, 0.3) is 5.56 Å². The molecule has 0 bridgehead atoms. The van der Waals surface area contributed by atoms with E-state index in [0.717, 1.165) is 16.8 Å². The van der Waals surface area contributed by atoms with Gasteiger partial charge >= 0.3 is 0 Å². The fraction of sp³-hybridized carbons (Fsp3) is 0.250. The van der Waals surface area contributed by atoms with Gasteiger partial charge in [-0.2, -0.15) is 0 Å². The summed E-state index contributed by atoms with van der Waals surface area (Å²) < 4.78 is 1.63. The summed E-state index contributed by atoms with van der Waals surface area (Å²) in [4.78, 5) is 29.6. The van der Waals surface area contributed by atoms with E-state index >= 15 is 0 Å². The van der Waals surface area contributed by atoms with Gasteiger partial charge in [-0.1, -0.05) is 36.0 Å². The monoisotopic (exact) mass is 352 g/mol. The zero-order valence-electron chi connectivity index (χ0n) is 14.7. The van der Waals surface area contributed by atoms with E-state index in [1.54, 1.807) is 17.6 Å². The lowest BCUT2D eigenvalue weighted by atomic mass is 10.1. The summed E-state index contributed by atoms with van der Waals surface area (Å²) in [6.45, 7) is 7.35. The van der Waals surface area contributed by atoms with Gasteiger partial charge in [0.15, 0.2) is 5.16 Å². The number of hydrogen-bond donors (Lipinski definition) is 0. The molecule has 2 aromatic carbocycles. The number of Topliss-reactive ketones (excluding diaryl/α,β-unsaturated/α-hetero) is 1. The second kappa shape index (κ2) is 6.84. The zero-order valence-corrected chi connectivity index (χ0v) is 15.6. The highest BCUT2D eigenvalue weighted by Crippen LogP contribution is 2.27. The number of thioether (sulfide) groups is 1. The Hall–Kier alpha value is -2.40. The quantitative estimate of drug-likeness (QED) is 0.525. The van der Waals surface area contributed by atoms with Crippen LogP contribution in [0.3, 0.4) is 0 Å². The van der Waals surface area contributed by atoms with Crippen molar-refractivity contribution >= 4 is 28.4 Å². The van der Waals surface area contributed by atoms with Crippen molar-refractivity contribution in [2.75, 3.05) is 0 Å². The summed E-state index contributed by atoms with van der Waals surface area (Å²) >= 11 is 1.32. The molecule has 0 aliphatic carbocycles. The van der Waals surface area contributed by atoms with Crippen LogP contribution in [0, 0.1) is 13.8 Å². The maximum absolute atomic E-state index is 13.2. The number of benzene rings is 2. The number of carbonyl (C=O) groups is 1. The van der Waals surface area contributed by atoms with E-state index < -0.39 is 0 Å². The summed E-state index contributed by atoms with van der Waals surface area (Å²) in [6.07, 6.45) is 0. The lowest BCUT2D eigenvalue weighted by Gasteiger charge is -2.17. The lowest BCUT2D eigenvalue weighted by molar-refractivity contribution is -0.116. The molecule has 1 heterocycles. The van der Waals surface area contributed by atoms with E-state index in [9.17, 15) is 9.59 Å². The number of aromatic nitrogens is 2. The first-order chi connectivity index (χ1) is 11.9. The Balaban J connectivity index is 2.34. The van der Waals surface area contributed by atoms with E-state index in [1.807, 2.05) is 57.2 Å². The molecule has 5 heteroatoms. The molecule has 1 atom stereocenters.